The molecule has 198 valence electrons. The number of benzene rings is 2. The number of amides is 1. The van der Waals surface area contributed by atoms with Crippen molar-refractivity contribution in [2.24, 2.45) is 0 Å². The second kappa shape index (κ2) is 12.1. The minimum absolute atomic E-state index is 0.0751. The first-order valence-corrected chi connectivity index (χ1v) is 12.2. The molecule has 7 nitrogen and oxygen atoms in total. The van der Waals surface area contributed by atoms with Gasteiger partial charge in [-0.3, -0.25) is 9.59 Å². The summed E-state index contributed by atoms with van der Waals surface area (Å²) in [7, 11) is 3.26. The normalized spacial score (nSPS) is 12.9. The van der Waals surface area contributed by atoms with Crippen LogP contribution in [0.4, 0.5) is 25.9 Å². The summed E-state index contributed by atoms with van der Waals surface area (Å²) in [6, 6.07) is 6.73. The summed E-state index contributed by atoms with van der Waals surface area (Å²) in [4.78, 5) is 25.5. The number of hydrogen-bond acceptors (Lipinski definition) is 6. The molecule has 2 aromatic carbocycles. The highest BCUT2D eigenvalue weighted by atomic mass is 35.5. The smallest absolute Gasteiger partial charge is 0.293 e. The Morgan fingerprint density at radius 3 is 2.70 bits per heavy atom. The van der Waals surface area contributed by atoms with Gasteiger partial charge >= 0.3 is 0 Å². The van der Waals surface area contributed by atoms with Crippen molar-refractivity contribution >= 4 is 41.0 Å². The maximum Gasteiger partial charge on any atom is 0.293 e. The van der Waals surface area contributed by atoms with Crippen LogP contribution in [0.15, 0.2) is 48.3 Å². The molecule has 1 heterocycles. The minimum Gasteiger partial charge on any atom is -0.460 e. The van der Waals surface area contributed by atoms with Gasteiger partial charge in [0, 0.05) is 38.4 Å². The lowest BCUT2D eigenvalue weighted by molar-refractivity contribution is -0.134. The fraction of sp³-hybridized carbons (Fsp3) is 0.333. The third kappa shape index (κ3) is 6.40. The van der Waals surface area contributed by atoms with Gasteiger partial charge in [0.15, 0.2) is 5.82 Å². The largest absolute Gasteiger partial charge is 0.460 e. The number of carbonyl (C=O) groups is 2. The fourth-order valence-electron chi connectivity index (χ4n) is 4.28. The highest BCUT2D eigenvalue weighted by Crippen LogP contribution is 2.51. The van der Waals surface area contributed by atoms with Gasteiger partial charge in [0.05, 0.1) is 16.3 Å². The Kier molecular flexibility index (Phi) is 9.15. The van der Waals surface area contributed by atoms with Crippen LogP contribution in [0.2, 0.25) is 5.02 Å². The van der Waals surface area contributed by atoms with E-state index in [1.807, 2.05) is 26.0 Å². The minimum atomic E-state index is -0.874. The second-order valence-electron chi connectivity index (χ2n) is 8.82. The van der Waals surface area contributed by atoms with E-state index in [1.54, 1.807) is 26.2 Å². The molecule has 37 heavy (non-hydrogen) atoms. The first-order chi connectivity index (χ1) is 17.6. The number of nitrogens with zero attached hydrogens (tertiary/aromatic N) is 2. The molecule has 0 spiro atoms. The van der Waals surface area contributed by atoms with Crippen LogP contribution in [0.25, 0.3) is 0 Å². The Balaban J connectivity index is 1.56. The van der Waals surface area contributed by atoms with E-state index in [0.717, 1.165) is 16.8 Å². The third-order valence-electron chi connectivity index (χ3n) is 6.26. The van der Waals surface area contributed by atoms with Crippen molar-refractivity contribution in [3.05, 3.63) is 75.8 Å². The van der Waals surface area contributed by atoms with E-state index in [2.05, 4.69) is 17.2 Å². The predicted octanol–water partition coefficient (Wildman–Crippen LogP) is 5.87. The highest BCUT2D eigenvalue weighted by Gasteiger charge is 2.32. The Morgan fingerprint density at radius 1 is 1.35 bits per heavy atom. The molecule has 1 aliphatic rings. The molecule has 0 saturated carbocycles. The van der Waals surface area contributed by atoms with Crippen molar-refractivity contribution in [2.45, 2.75) is 39.2 Å². The number of halogens is 3. The summed E-state index contributed by atoms with van der Waals surface area (Å²) >= 11 is 5.94. The Hall–Kier alpha value is -3.59. The molecule has 1 atom stereocenters. The molecule has 1 unspecified atom stereocenters. The summed E-state index contributed by atoms with van der Waals surface area (Å²) in [6.07, 6.45) is 2.14. The highest BCUT2D eigenvalue weighted by molar-refractivity contribution is 6.30. The summed E-state index contributed by atoms with van der Waals surface area (Å²) in [5.74, 6) is -0.976. The van der Waals surface area contributed by atoms with Crippen LogP contribution >= 0.6 is 11.6 Å². The third-order valence-corrected chi connectivity index (χ3v) is 6.55. The van der Waals surface area contributed by atoms with Crippen molar-refractivity contribution in [1.29, 1.82) is 0 Å². The zero-order valence-corrected chi connectivity index (χ0v) is 22.1. The molecule has 0 aliphatic carbocycles. The molecule has 1 aliphatic heterocycles. The van der Waals surface area contributed by atoms with Crippen LogP contribution in [-0.2, 0) is 20.7 Å². The average Bonchev–Trinajstić information content (AvgIpc) is 3.53. The van der Waals surface area contributed by atoms with Crippen molar-refractivity contribution in [3.63, 3.8) is 0 Å². The van der Waals surface area contributed by atoms with Crippen LogP contribution in [0, 0.1) is 12.7 Å². The molecule has 2 aromatic rings. The Morgan fingerprint density at radius 2 is 2.08 bits per heavy atom. The van der Waals surface area contributed by atoms with Gasteiger partial charge in [0.2, 0.25) is 0 Å². The monoisotopic (exact) mass is 532 g/mol. The maximum atomic E-state index is 14.7. The van der Waals surface area contributed by atoms with Gasteiger partial charge in [-0.05, 0) is 56.0 Å². The fourth-order valence-corrected chi connectivity index (χ4v) is 4.45. The van der Waals surface area contributed by atoms with Crippen molar-refractivity contribution in [2.75, 3.05) is 31.1 Å². The van der Waals surface area contributed by atoms with Crippen LogP contribution in [-0.4, -0.2) is 37.9 Å². The summed E-state index contributed by atoms with van der Waals surface area (Å²) in [6.45, 7) is 8.16. The lowest BCUT2D eigenvalue weighted by Gasteiger charge is -2.23. The number of fused-ring (bicyclic) bond motifs is 1. The molecule has 3 rings (SSSR count). The lowest BCUT2D eigenvalue weighted by atomic mass is 10.0. The van der Waals surface area contributed by atoms with Gasteiger partial charge in [0.25, 0.3) is 12.4 Å². The number of hydrogen-bond donors (Lipinski definition) is 2. The predicted molar refractivity (Wildman–Crippen MR) is 142 cm³/mol. The topological polar surface area (TPSA) is 73.7 Å². The first kappa shape index (κ1) is 28.0. The number of anilines is 3. The quantitative estimate of drug-likeness (QED) is 0.145. The Bertz CT molecular complexity index is 1230. The van der Waals surface area contributed by atoms with Crippen molar-refractivity contribution in [3.8, 4) is 0 Å². The van der Waals surface area contributed by atoms with E-state index >= 15 is 0 Å². The number of likely N-dealkylation sites (N-methyl/N-ethyl adjacent to an activating group) is 1. The van der Waals surface area contributed by atoms with E-state index in [0.29, 0.717) is 41.6 Å². The molecule has 10 heteroatoms. The number of allylic oxidation sites excluding steroid dienone is 2. The number of nitrogens with one attached hydrogen (secondary N) is 2. The molecule has 0 bridgehead atoms. The summed E-state index contributed by atoms with van der Waals surface area (Å²) in [5, 5.41) is 6.53. The number of ether oxygens (including phenoxy) is 1. The van der Waals surface area contributed by atoms with E-state index in [9.17, 15) is 18.5 Å². The molecule has 0 saturated heterocycles. The van der Waals surface area contributed by atoms with Gasteiger partial charge in [-0.25, -0.2) is 4.39 Å². The van der Waals surface area contributed by atoms with Gasteiger partial charge in [-0.2, -0.15) is 5.12 Å². The van der Waals surface area contributed by atoms with E-state index < -0.39 is 11.9 Å². The molecule has 0 aromatic heterocycles. The van der Waals surface area contributed by atoms with Gasteiger partial charge in [-0.15, -0.1) is 0 Å². The molecule has 0 fully saturated rings. The van der Waals surface area contributed by atoms with Crippen molar-refractivity contribution < 1.29 is 23.2 Å². The van der Waals surface area contributed by atoms with E-state index in [1.165, 1.54) is 11.0 Å². The van der Waals surface area contributed by atoms with E-state index in [-0.39, 0.29) is 35.1 Å². The van der Waals surface area contributed by atoms with Gasteiger partial charge in [0.1, 0.15) is 17.5 Å². The standard InChI is InChI=1S/C27H31ClF2N4O3/c1-6-19(13-18-12-16(2)26-22(14-18)34(26)30)32-17(3)27(36)33(5)11-7-8-23(37-15-35)24-21(31-4)10-9-20(28)25(24)29/h6,9-10,12,14-15,23,31-32H,3,7-8,11,13H2,1-2,4-5H3/b19-6-. The molecule has 1 amide bonds. The van der Waals surface area contributed by atoms with Crippen molar-refractivity contribution in [1.82, 2.24) is 10.2 Å². The zero-order valence-electron chi connectivity index (χ0n) is 21.3. The van der Waals surface area contributed by atoms with Crippen LogP contribution < -0.4 is 15.8 Å². The molecular formula is C27H31ClF2N4O3. The van der Waals surface area contributed by atoms with Crippen LogP contribution in [0.1, 0.15) is 42.6 Å². The number of aryl methyl sites for hydroxylation is 1. The molecule has 0 radical (unpaired) electrons. The van der Waals surface area contributed by atoms with Gasteiger partial charge < -0.3 is 20.3 Å². The Labute approximate surface area is 220 Å². The van der Waals surface area contributed by atoms with Crippen LogP contribution in [0.3, 0.4) is 0 Å². The summed E-state index contributed by atoms with van der Waals surface area (Å²) < 4.78 is 33.5. The maximum absolute atomic E-state index is 14.7. The SMILES string of the molecule is C=C(N/C(=C\C)Cc1cc(C)c2c(c1)N2F)C(=O)N(C)CCCC(OC=O)c1c(NC)ccc(Cl)c1F. The molecular weight excluding hydrogens is 502 g/mol. The lowest BCUT2D eigenvalue weighted by Crippen LogP contribution is -2.34. The summed E-state index contributed by atoms with van der Waals surface area (Å²) in [5.41, 5.74) is 4.51. The average molecular weight is 533 g/mol. The second-order valence-corrected chi connectivity index (χ2v) is 9.23. The van der Waals surface area contributed by atoms with Crippen LogP contribution in [0.5, 0.6) is 0 Å². The number of carbonyl (C=O) groups excluding carboxylic acids is 2. The zero-order chi connectivity index (χ0) is 27.3. The van der Waals surface area contributed by atoms with E-state index in [4.69, 9.17) is 16.3 Å². The molecule has 2 N–H and O–H groups in total. The van der Waals surface area contributed by atoms with Gasteiger partial charge in [-0.1, -0.05) is 34.8 Å². The number of rotatable bonds is 13. The first-order valence-electron chi connectivity index (χ1n) is 11.8.